The summed E-state index contributed by atoms with van der Waals surface area (Å²) >= 11 is 0. The summed E-state index contributed by atoms with van der Waals surface area (Å²) in [4.78, 5) is 52.7. The van der Waals surface area contributed by atoms with E-state index in [1.165, 1.54) is 0 Å². The first-order chi connectivity index (χ1) is 28.2. The molecule has 0 bridgehead atoms. The highest BCUT2D eigenvalue weighted by atomic mass is 16.2. The quantitative estimate of drug-likeness (QED) is 0.124. The third kappa shape index (κ3) is 8.40. The lowest BCUT2D eigenvalue weighted by Crippen LogP contribution is -2.47. The summed E-state index contributed by atoms with van der Waals surface area (Å²) in [5.41, 5.74) is 8.53. The molecule has 2 aliphatic heterocycles. The number of likely N-dealkylation sites (tertiary alicyclic amines) is 2. The summed E-state index contributed by atoms with van der Waals surface area (Å²) in [6.07, 6.45) is 8.83. The third-order valence-electron chi connectivity index (χ3n) is 12.0. The van der Waals surface area contributed by atoms with E-state index in [2.05, 4.69) is 82.8 Å². The average Bonchev–Trinajstić information content (AvgIpc) is 4.09. The molecule has 4 aromatic carbocycles. The van der Waals surface area contributed by atoms with Gasteiger partial charge in [0.15, 0.2) is 0 Å². The molecular formula is C48H54N8O2. The number of benzene rings is 4. The van der Waals surface area contributed by atoms with Gasteiger partial charge >= 0.3 is 0 Å². The molecule has 2 amide bonds. The van der Waals surface area contributed by atoms with Gasteiger partial charge in [-0.05, 0) is 100 Å². The van der Waals surface area contributed by atoms with E-state index in [9.17, 15) is 9.59 Å². The molecule has 2 aromatic heterocycles. The van der Waals surface area contributed by atoms with Gasteiger partial charge in [-0.3, -0.25) is 19.4 Å². The van der Waals surface area contributed by atoms with Crippen molar-refractivity contribution in [3.8, 4) is 33.6 Å². The maximum atomic E-state index is 13.9. The van der Waals surface area contributed by atoms with Crippen LogP contribution in [0.1, 0.15) is 60.5 Å². The van der Waals surface area contributed by atoms with E-state index in [4.69, 9.17) is 9.97 Å². The molecule has 0 spiro atoms. The van der Waals surface area contributed by atoms with Gasteiger partial charge in [-0.15, -0.1) is 0 Å². The number of nitrogens with zero attached hydrogens (tertiary/aromatic N) is 6. The Labute approximate surface area is 341 Å². The third-order valence-corrected chi connectivity index (χ3v) is 12.0. The zero-order valence-corrected chi connectivity index (χ0v) is 34.0. The number of hydrogen-bond acceptors (Lipinski definition) is 6. The van der Waals surface area contributed by atoms with Crippen molar-refractivity contribution in [2.75, 3.05) is 41.3 Å². The monoisotopic (exact) mass is 774 g/mol. The topological polar surface area (TPSA) is 104 Å². The molecule has 298 valence electrons. The molecule has 0 unspecified atom stereocenters. The van der Waals surface area contributed by atoms with Crippen LogP contribution in [0, 0.1) is 0 Å². The Morgan fingerprint density at radius 2 is 0.931 bits per heavy atom. The van der Waals surface area contributed by atoms with E-state index in [0.717, 1.165) is 95.2 Å². The largest absolute Gasteiger partial charge is 0.340 e. The Balaban J connectivity index is 0.911. The lowest BCUT2D eigenvalue weighted by molar-refractivity contribution is -0.138. The fraction of sp³-hybridized carbons (Fsp3) is 0.333. The molecule has 0 aliphatic carbocycles. The number of carbonyl (C=O) groups is 2. The zero-order chi connectivity index (χ0) is 40.2. The maximum absolute atomic E-state index is 13.9. The van der Waals surface area contributed by atoms with Gasteiger partial charge in [-0.25, -0.2) is 9.97 Å². The average molecular weight is 775 g/mol. The van der Waals surface area contributed by atoms with Crippen molar-refractivity contribution in [1.29, 1.82) is 0 Å². The molecule has 4 atom stereocenters. The molecular weight excluding hydrogens is 721 g/mol. The van der Waals surface area contributed by atoms with Crippen molar-refractivity contribution < 1.29 is 9.59 Å². The van der Waals surface area contributed by atoms with Gasteiger partial charge in [0.2, 0.25) is 11.8 Å². The molecule has 8 rings (SSSR count). The van der Waals surface area contributed by atoms with Gasteiger partial charge in [-0.1, -0.05) is 109 Å². The molecule has 2 fully saturated rings. The number of hydrogen-bond donors (Lipinski definition) is 2. The molecule has 2 aliphatic rings. The predicted molar refractivity (Wildman–Crippen MR) is 230 cm³/mol. The molecule has 2 N–H and O–H groups in total. The second-order valence-corrected chi connectivity index (χ2v) is 16.2. The predicted octanol–water partition coefficient (Wildman–Crippen LogP) is 7.81. The van der Waals surface area contributed by atoms with Crippen LogP contribution in [0.5, 0.6) is 0 Å². The lowest BCUT2D eigenvalue weighted by atomic mass is 10.0. The Bertz CT molecular complexity index is 2120. The highest BCUT2D eigenvalue weighted by Crippen LogP contribution is 2.35. The molecule has 10 nitrogen and oxygen atoms in total. The summed E-state index contributed by atoms with van der Waals surface area (Å²) in [5.74, 6) is 1.98. The van der Waals surface area contributed by atoms with Crippen molar-refractivity contribution in [3.05, 3.63) is 144 Å². The first-order valence-electron chi connectivity index (χ1n) is 20.6. The van der Waals surface area contributed by atoms with Crippen molar-refractivity contribution in [1.82, 2.24) is 39.5 Å². The van der Waals surface area contributed by atoms with Gasteiger partial charge in [0, 0.05) is 13.1 Å². The molecule has 2 saturated heterocycles. The number of amides is 2. The van der Waals surface area contributed by atoms with Crippen LogP contribution in [0.2, 0.25) is 0 Å². The summed E-state index contributed by atoms with van der Waals surface area (Å²) in [6.45, 7) is 1.47. The summed E-state index contributed by atoms with van der Waals surface area (Å²) < 4.78 is 0. The van der Waals surface area contributed by atoms with Crippen LogP contribution in [0.15, 0.2) is 122 Å². The number of rotatable bonds is 13. The van der Waals surface area contributed by atoms with Crippen LogP contribution in [0.3, 0.4) is 0 Å². The Morgan fingerprint density at radius 3 is 1.29 bits per heavy atom. The van der Waals surface area contributed by atoms with Crippen LogP contribution >= 0.6 is 0 Å². The fourth-order valence-corrected chi connectivity index (χ4v) is 8.66. The molecule has 6 aromatic rings. The van der Waals surface area contributed by atoms with Crippen LogP contribution in [-0.2, 0) is 22.4 Å². The number of carbonyl (C=O) groups excluding carboxylic acids is 2. The van der Waals surface area contributed by atoms with Gasteiger partial charge in [0.1, 0.15) is 11.6 Å². The fourth-order valence-electron chi connectivity index (χ4n) is 8.66. The lowest BCUT2D eigenvalue weighted by Gasteiger charge is -2.31. The van der Waals surface area contributed by atoms with Crippen molar-refractivity contribution >= 4 is 11.8 Å². The number of aromatic amines is 2. The van der Waals surface area contributed by atoms with Gasteiger partial charge in [0.25, 0.3) is 0 Å². The van der Waals surface area contributed by atoms with E-state index >= 15 is 0 Å². The Hall–Kier alpha value is -5.84. The standard InChI is InChI=1S/C48H54N8O2/c1-53(2)43(29-33-13-7-5-8-14-33)47(57)55-27-11-17-41(55)45-49-31-39(51-45)37-23-19-35(20-24-37)36-21-25-38(26-22-36)40-32-50-46(52-40)42-18-12-28-56(42)48(58)44(54(3)4)30-34-15-9-6-10-16-34/h5-10,13-16,19-26,31-32,41-44H,11-12,17-18,27-30H2,1-4H3,(H,49,51)(H,50,52)/t41-,42-,43+,44+/m0/s1. The second-order valence-electron chi connectivity index (χ2n) is 16.2. The molecule has 10 heteroatoms. The van der Waals surface area contributed by atoms with Crippen molar-refractivity contribution in [2.45, 2.75) is 62.7 Å². The van der Waals surface area contributed by atoms with E-state index in [1.807, 2.05) is 96.6 Å². The van der Waals surface area contributed by atoms with E-state index in [0.29, 0.717) is 12.8 Å². The molecule has 0 radical (unpaired) electrons. The Morgan fingerprint density at radius 1 is 0.569 bits per heavy atom. The second kappa shape index (κ2) is 17.3. The maximum Gasteiger partial charge on any atom is 0.240 e. The number of H-pyrrole nitrogens is 2. The Kier molecular flexibility index (Phi) is 11.7. The van der Waals surface area contributed by atoms with Crippen molar-refractivity contribution in [2.24, 2.45) is 0 Å². The van der Waals surface area contributed by atoms with E-state index in [-0.39, 0.29) is 36.0 Å². The van der Waals surface area contributed by atoms with Gasteiger partial charge in [0.05, 0.1) is 47.9 Å². The normalized spacial score (nSPS) is 18.0. The van der Waals surface area contributed by atoms with Gasteiger partial charge < -0.3 is 19.8 Å². The molecule has 58 heavy (non-hydrogen) atoms. The SMILES string of the molecule is CN(C)[C@H](Cc1ccccc1)C(=O)N1CCC[C@H]1c1ncc(-c2ccc(-c3ccc(-c4cnc([C@@H]5CCCN5C(=O)[C@@H](Cc5ccccc5)N(C)C)[nH]4)cc3)cc2)[nH]1. The van der Waals surface area contributed by atoms with Crippen LogP contribution in [0.4, 0.5) is 0 Å². The highest BCUT2D eigenvalue weighted by molar-refractivity contribution is 5.83. The first-order valence-corrected chi connectivity index (χ1v) is 20.6. The molecule has 0 saturated carbocycles. The van der Waals surface area contributed by atoms with Crippen LogP contribution in [-0.4, -0.2) is 105 Å². The van der Waals surface area contributed by atoms with Crippen molar-refractivity contribution in [3.63, 3.8) is 0 Å². The van der Waals surface area contributed by atoms with Gasteiger partial charge in [-0.2, -0.15) is 0 Å². The summed E-state index contributed by atoms with van der Waals surface area (Å²) in [7, 11) is 7.94. The minimum absolute atomic E-state index is 0.0665. The first kappa shape index (κ1) is 39.0. The van der Waals surface area contributed by atoms with E-state index < -0.39 is 0 Å². The number of imidazole rings is 2. The molecule has 4 heterocycles. The minimum atomic E-state index is -0.233. The zero-order valence-electron chi connectivity index (χ0n) is 34.0. The minimum Gasteiger partial charge on any atom is -0.340 e. The number of nitrogens with one attached hydrogen (secondary N) is 2. The number of aromatic nitrogens is 4. The summed E-state index contributed by atoms with van der Waals surface area (Å²) in [6, 6.07) is 36.9. The highest BCUT2D eigenvalue weighted by Gasteiger charge is 2.38. The summed E-state index contributed by atoms with van der Waals surface area (Å²) in [5, 5.41) is 0. The number of likely N-dealkylation sites (N-methyl/N-ethyl adjacent to an activating group) is 2. The van der Waals surface area contributed by atoms with E-state index in [1.54, 1.807) is 0 Å². The van der Waals surface area contributed by atoms with Crippen LogP contribution < -0.4 is 0 Å². The van der Waals surface area contributed by atoms with Crippen LogP contribution in [0.25, 0.3) is 33.6 Å². The smallest absolute Gasteiger partial charge is 0.240 e.